The summed E-state index contributed by atoms with van der Waals surface area (Å²) in [4.78, 5) is 4.83. The zero-order valence-corrected chi connectivity index (χ0v) is 9.66. The van der Waals surface area contributed by atoms with E-state index in [0.717, 1.165) is 0 Å². The lowest BCUT2D eigenvalue weighted by molar-refractivity contribution is -0.306. The fourth-order valence-electron chi connectivity index (χ4n) is 3.48. The zero-order valence-electron chi connectivity index (χ0n) is 9.66. The van der Waals surface area contributed by atoms with Gasteiger partial charge in [-0.2, -0.15) is 0 Å². The Hall–Kier alpha value is -0.0800. The molecular weight excluding hydrogens is 188 g/mol. The molecule has 0 aromatic heterocycles. The number of hydrogen-bond donors (Lipinski definition) is 1. The van der Waals surface area contributed by atoms with Crippen LogP contribution in [-0.2, 0) is 4.89 Å². The van der Waals surface area contributed by atoms with Crippen molar-refractivity contribution in [2.24, 2.45) is 11.8 Å². The molecule has 15 heavy (non-hydrogen) atoms. The molecule has 2 fully saturated rings. The fraction of sp³-hybridized carbons (Fsp3) is 1.00. The van der Waals surface area contributed by atoms with Gasteiger partial charge in [-0.25, -0.2) is 4.89 Å². The fourth-order valence-corrected chi connectivity index (χ4v) is 3.48. The second-order valence-corrected chi connectivity index (χ2v) is 5.37. The maximum Gasteiger partial charge on any atom is 0.0983 e. The average Bonchev–Trinajstić information content (AvgIpc) is 2.33. The maximum absolute atomic E-state index is 9.13. The van der Waals surface area contributed by atoms with Crippen LogP contribution in [0.5, 0.6) is 0 Å². The predicted molar refractivity (Wildman–Crippen MR) is 60.7 cm³/mol. The van der Waals surface area contributed by atoms with Crippen molar-refractivity contribution in [3.63, 3.8) is 0 Å². The molecule has 2 rings (SSSR count). The van der Waals surface area contributed by atoms with Gasteiger partial charge in [0.05, 0.1) is 6.10 Å². The van der Waals surface area contributed by atoms with E-state index in [4.69, 9.17) is 10.1 Å². The van der Waals surface area contributed by atoms with Crippen LogP contribution in [0, 0.1) is 11.8 Å². The second-order valence-electron chi connectivity index (χ2n) is 5.37. The Morgan fingerprint density at radius 3 is 1.47 bits per heavy atom. The first kappa shape index (κ1) is 11.4. The highest BCUT2D eigenvalue weighted by Gasteiger charge is 2.32. The van der Waals surface area contributed by atoms with E-state index in [1.54, 1.807) is 0 Å². The lowest BCUT2D eigenvalue weighted by Gasteiger charge is -2.35. The monoisotopic (exact) mass is 212 g/mol. The lowest BCUT2D eigenvalue weighted by Crippen LogP contribution is -2.34. The molecular formula is C13H24O2. The van der Waals surface area contributed by atoms with Crippen molar-refractivity contribution in [3.8, 4) is 0 Å². The normalized spacial score (nSPS) is 26.0. The topological polar surface area (TPSA) is 29.5 Å². The molecule has 1 N–H and O–H groups in total. The quantitative estimate of drug-likeness (QED) is 0.566. The molecule has 2 aliphatic carbocycles. The Kier molecular flexibility index (Phi) is 4.45. The third-order valence-electron chi connectivity index (χ3n) is 4.35. The van der Waals surface area contributed by atoms with Gasteiger partial charge in [-0.15, -0.1) is 0 Å². The van der Waals surface area contributed by atoms with Crippen LogP contribution in [0.3, 0.4) is 0 Å². The van der Waals surface area contributed by atoms with Crippen molar-refractivity contribution in [1.29, 1.82) is 0 Å². The molecule has 0 heterocycles. The third-order valence-corrected chi connectivity index (χ3v) is 4.35. The van der Waals surface area contributed by atoms with Crippen LogP contribution in [0.4, 0.5) is 0 Å². The first-order valence-corrected chi connectivity index (χ1v) is 6.72. The summed E-state index contributed by atoms with van der Waals surface area (Å²) in [6.07, 6.45) is 13.3. The predicted octanol–water partition coefficient (Wildman–Crippen LogP) is 4.01. The van der Waals surface area contributed by atoms with Crippen LogP contribution in [0.2, 0.25) is 0 Å². The molecule has 0 spiro atoms. The van der Waals surface area contributed by atoms with E-state index in [2.05, 4.69) is 0 Å². The summed E-state index contributed by atoms with van der Waals surface area (Å²) in [5.74, 6) is 1.26. The molecule has 0 aliphatic heterocycles. The Labute approximate surface area is 92.9 Å². The van der Waals surface area contributed by atoms with Crippen molar-refractivity contribution in [2.75, 3.05) is 0 Å². The summed E-state index contributed by atoms with van der Waals surface area (Å²) in [6, 6.07) is 0. The van der Waals surface area contributed by atoms with Gasteiger partial charge in [0.15, 0.2) is 0 Å². The van der Waals surface area contributed by atoms with Crippen molar-refractivity contribution in [1.82, 2.24) is 0 Å². The highest BCUT2D eigenvalue weighted by molar-refractivity contribution is 4.81. The van der Waals surface area contributed by atoms with E-state index in [1.165, 1.54) is 64.2 Å². The van der Waals surface area contributed by atoms with Crippen molar-refractivity contribution >= 4 is 0 Å². The van der Waals surface area contributed by atoms with E-state index in [-0.39, 0.29) is 6.10 Å². The first-order valence-electron chi connectivity index (χ1n) is 6.72. The van der Waals surface area contributed by atoms with E-state index >= 15 is 0 Å². The summed E-state index contributed by atoms with van der Waals surface area (Å²) in [5.41, 5.74) is 0. The molecule has 0 amide bonds. The Morgan fingerprint density at radius 2 is 1.13 bits per heavy atom. The second kappa shape index (κ2) is 5.86. The van der Waals surface area contributed by atoms with Crippen LogP contribution in [0.15, 0.2) is 0 Å². The zero-order chi connectivity index (χ0) is 10.5. The van der Waals surface area contributed by atoms with Crippen LogP contribution in [-0.4, -0.2) is 11.4 Å². The smallest absolute Gasteiger partial charge is 0.0983 e. The molecule has 88 valence electrons. The molecule has 2 nitrogen and oxygen atoms in total. The summed E-state index contributed by atoms with van der Waals surface area (Å²) >= 11 is 0. The van der Waals surface area contributed by atoms with Crippen molar-refractivity contribution in [2.45, 2.75) is 70.3 Å². The molecule has 0 atom stereocenters. The van der Waals surface area contributed by atoms with Crippen molar-refractivity contribution in [3.05, 3.63) is 0 Å². The number of hydrogen-bond acceptors (Lipinski definition) is 2. The standard InChI is InChI=1S/C13H24O2/c14-15-13(11-7-3-1-4-8-11)12-9-5-2-6-10-12/h11-14H,1-10H2. The Morgan fingerprint density at radius 1 is 0.733 bits per heavy atom. The van der Waals surface area contributed by atoms with Crippen LogP contribution in [0.1, 0.15) is 64.2 Å². The number of rotatable bonds is 3. The van der Waals surface area contributed by atoms with Crippen LogP contribution >= 0.6 is 0 Å². The largest absolute Gasteiger partial charge is 0.252 e. The average molecular weight is 212 g/mol. The molecule has 2 aliphatic rings. The minimum absolute atomic E-state index is 0.144. The van der Waals surface area contributed by atoms with Gasteiger partial charge in [0.25, 0.3) is 0 Å². The van der Waals surface area contributed by atoms with Gasteiger partial charge >= 0.3 is 0 Å². The van der Waals surface area contributed by atoms with Gasteiger partial charge in [0.1, 0.15) is 0 Å². The molecule has 0 aromatic carbocycles. The van der Waals surface area contributed by atoms with E-state index < -0.39 is 0 Å². The third kappa shape index (κ3) is 2.94. The van der Waals surface area contributed by atoms with Gasteiger partial charge < -0.3 is 0 Å². The summed E-state index contributed by atoms with van der Waals surface area (Å²) < 4.78 is 0. The SMILES string of the molecule is OOC(C1CCCCC1)C1CCCCC1. The molecule has 0 saturated heterocycles. The van der Waals surface area contributed by atoms with Gasteiger partial charge in [0, 0.05) is 0 Å². The molecule has 2 saturated carbocycles. The maximum atomic E-state index is 9.13. The summed E-state index contributed by atoms with van der Waals surface area (Å²) in [5, 5.41) is 9.13. The highest BCUT2D eigenvalue weighted by Crippen LogP contribution is 2.36. The minimum atomic E-state index is 0.144. The van der Waals surface area contributed by atoms with Gasteiger partial charge in [-0.3, -0.25) is 5.26 Å². The van der Waals surface area contributed by atoms with E-state index in [0.29, 0.717) is 11.8 Å². The summed E-state index contributed by atoms with van der Waals surface area (Å²) in [6.45, 7) is 0. The lowest BCUT2D eigenvalue weighted by atomic mass is 9.75. The van der Waals surface area contributed by atoms with Crippen LogP contribution in [0.25, 0.3) is 0 Å². The van der Waals surface area contributed by atoms with E-state index in [9.17, 15) is 0 Å². The first-order chi connectivity index (χ1) is 7.42. The Balaban J connectivity index is 1.88. The van der Waals surface area contributed by atoms with Gasteiger partial charge in [-0.1, -0.05) is 38.5 Å². The van der Waals surface area contributed by atoms with E-state index in [1.807, 2.05) is 0 Å². The molecule has 2 heteroatoms. The Bertz CT molecular complexity index is 151. The highest BCUT2D eigenvalue weighted by atomic mass is 17.1. The minimum Gasteiger partial charge on any atom is -0.252 e. The molecule has 0 bridgehead atoms. The van der Waals surface area contributed by atoms with Crippen molar-refractivity contribution < 1.29 is 10.1 Å². The summed E-state index contributed by atoms with van der Waals surface area (Å²) in [7, 11) is 0. The molecule has 0 aromatic rings. The van der Waals surface area contributed by atoms with Gasteiger partial charge in [-0.05, 0) is 37.5 Å². The molecule has 0 radical (unpaired) electrons. The van der Waals surface area contributed by atoms with Gasteiger partial charge in [0.2, 0.25) is 0 Å². The molecule has 0 unspecified atom stereocenters. The van der Waals surface area contributed by atoms with Crippen LogP contribution < -0.4 is 0 Å².